The number of imidazole rings is 1. The highest BCUT2D eigenvalue weighted by molar-refractivity contribution is 7.92. The number of para-hydroxylation sites is 2. The van der Waals surface area contributed by atoms with Crippen molar-refractivity contribution < 1.29 is 16.8 Å². The van der Waals surface area contributed by atoms with Gasteiger partial charge in [0, 0.05) is 6.54 Å². The molecule has 0 spiro atoms. The maximum atomic E-state index is 11.8. The highest BCUT2D eigenvalue weighted by Gasteiger charge is 2.14. The predicted octanol–water partition coefficient (Wildman–Crippen LogP) is -0.146. The van der Waals surface area contributed by atoms with Crippen molar-refractivity contribution in [2.24, 2.45) is 0 Å². The average Bonchev–Trinajstić information content (AvgIpc) is 2.67. The fraction of sp³-hybridized carbons (Fsp3) is 0.300. The number of aromatic amines is 1. The fourth-order valence-corrected chi connectivity index (χ4v) is 3.03. The van der Waals surface area contributed by atoms with Crippen molar-refractivity contribution in [1.29, 1.82) is 0 Å². The minimum absolute atomic E-state index is 0.102. The number of nitrogens with one attached hydrogen (secondary N) is 3. The molecule has 0 unspecified atom stereocenters. The van der Waals surface area contributed by atoms with Crippen LogP contribution in [0.15, 0.2) is 24.3 Å². The number of sulfonamides is 2. The summed E-state index contributed by atoms with van der Waals surface area (Å²) in [4.78, 5) is 6.89. The molecule has 1 aromatic heterocycles. The van der Waals surface area contributed by atoms with E-state index in [9.17, 15) is 16.8 Å². The Morgan fingerprint density at radius 2 is 1.90 bits per heavy atom. The SMILES string of the molecule is CS(=O)(=O)NCCS(=O)(=O)Nc1nc2ccccc2[nH]1. The van der Waals surface area contributed by atoms with Gasteiger partial charge in [0.05, 0.1) is 23.0 Å². The molecule has 10 heteroatoms. The van der Waals surface area contributed by atoms with E-state index in [-0.39, 0.29) is 18.2 Å². The lowest BCUT2D eigenvalue weighted by Gasteiger charge is -2.05. The number of aromatic nitrogens is 2. The van der Waals surface area contributed by atoms with Crippen LogP contribution in [0.4, 0.5) is 5.95 Å². The monoisotopic (exact) mass is 318 g/mol. The lowest BCUT2D eigenvalue weighted by atomic mass is 10.3. The number of hydrogen-bond donors (Lipinski definition) is 3. The number of hydrogen-bond acceptors (Lipinski definition) is 5. The van der Waals surface area contributed by atoms with E-state index in [1.165, 1.54) is 0 Å². The van der Waals surface area contributed by atoms with Crippen LogP contribution >= 0.6 is 0 Å². The first-order chi connectivity index (χ1) is 9.25. The highest BCUT2D eigenvalue weighted by atomic mass is 32.2. The summed E-state index contributed by atoms with van der Waals surface area (Å²) >= 11 is 0. The largest absolute Gasteiger partial charge is 0.323 e. The topological polar surface area (TPSA) is 121 Å². The Kier molecular flexibility index (Phi) is 3.97. The van der Waals surface area contributed by atoms with Gasteiger partial charge in [-0.2, -0.15) is 0 Å². The van der Waals surface area contributed by atoms with Crippen molar-refractivity contribution in [2.45, 2.75) is 0 Å². The third-order valence-corrected chi connectivity index (χ3v) is 4.35. The molecule has 0 radical (unpaired) electrons. The molecule has 0 fully saturated rings. The summed E-state index contributed by atoms with van der Waals surface area (Å²) in [6, 6.07) is 7.10. The van der Waals surface area contributed by atoms with Crippen molar-refractivity contribution in [3.8, 4) is 0 Å². The van der Waals surface area contributed by atoms with Gasteiger partial charge in [-0.1, -0.05) is 12.1 Å². The zero-order valence-corrected chi connectivity index (χ0v) is 12.3. The molecule has 0 saturated heterocycles. The molecule has 0 aliphatic rings. The van der Waals surface area contributed by atoms with Gasteiger partial charge in [0.2, 0.25) is 26.0 Å². The first kappa shape index (κ1) is 14.8. The molecular weight excluding hydrogens is 304 g/mol. The van der Waals surface area contributed by atoms with Crippen LogP contribution in [0.5, 0.6) is 0 Å². The maximum absolute atomic E-state index is 11.8. The summed E-state index contributed by atoms with van der Waals surface area (Å²) < 4.78 is 49.6. The van der Waals surface area contributed by atoms with Crippen LogP contribution in [0.2, 0.25) is 0 Å². The molecule has 0 bridgehead atoms. The van der Waals surface area contributed by atoms with Crippen molar-refractivity contribution in [2.75, 3.05) is 23.3 Å². The van der Waals surface area contributed by atoms with E-state index in [1.807, 2.05) is 0 Å². The van der Waals surface area contributed by atoms with Gasteiger partial charge in [-0.05, 0) is 12.1 Å². The van der Waals surface area contributed by atoms with Crippen LogP contribution in [0.25, 0.3) is 11.0 Å². The summed E-state index contributed by atoms with van der Waals surface area (Å²) in [7, 11) is -7.08. The summed E-state index contributed by atoms with van der Waals surface area (Å²) in [5.41, 5.74) is 1.35. The number of fused-ring (bicyclic) bond motifs is 1. The second kappa shape index (κ2) is 5.38. The van der Waals surface area contributed by atoms with Gasteiger partial charge in [-0.3, -0.25) is 4.72 Å². The summed E-state index contributed by atoms with van der Waals surface area (Å²) in [5, 5.41) is 0. The van der Waals surface area contributed by atoms with E-state index in [0.29, 0.717) is 11.0 Å². The summed E-state index contributed by atoms with van der Waals surface area (Å²) in [5.74, 6) is -0.275. The van der Waals surface area contributed by atoms with Crippen molar-refractivity contribution in [3.63, 3.8) is 0 Å². The van der Waals surface area contributed by atoms with Crippen LogP contribution in [0.3, 0.4) is 0 Å². The van der Waals surface area contributed by atoms with Crippen molar-refractivity contribution >= 4 is 37.0 Å². The van der Waals surface area contributed by atoms with Gasteiger partial charge in [0.1, 0.15) is 0 Å². The fourth-order valence-electron chi connectivity index (χ4n) is 1.56. The van der Waals surface area contributed by atoms with Crippen LogP contribution in [0.1, 0.15) is 0 Å². The van der Waals surface area contributed by atoms with Crippen LogP contribution < -0.4 is 9.44 Å². The lowest BCUT2D eigenvalue weighted by molar-refractivity contribution is 0.587. The number of nitrogens with zero attached hydrogens (tertiary/aromatic N) is 1. The number of anilines is 1. The molecular formula is C10H14N4O4S2. The average molecular weight is 318 g/mol. The van der Waals surface area contributed by atoms with Gasteiger partial charge >= 0.3 is 0 Å². The highest BCUT2D eigenvalue weighted by Crippen LogP contribution is 2.14. The first-order valence-corrected chi connectivity index (χ1v) is 9.19. The third-order valence-electron chi connectivity index (χ3n) is 2.38. The number of benzene rings is 1. The molecule has 1 aromatic carbocycles. The smallest absolute Gasteiger partial charge is 0.236 e. The molecule has 2 rings (SSSR count). The Morgan fingerprint density at radius 1 is 1.20 bits per heavy atom. The third kappa shape index (κ3) is 4.18. The van der Waals surface area contributed by atoms with Gasteiger partial charge in [-0.25, -0.2) is 26.5 Å². The Bertz CT molecular complexity index is 778. The Balaban J connectivity index is 2.04. The molecule has 1 heterocycles. The molecule has 0 saturated carbocycles. The second-order valence-electron chi connectivity index (χ2n) is 4.19. The van der Waals surface area contributed by atoms with Crippen molar-refractivity contribution in [1.82, 2.24) is 14.7 Å². The van der Waals surface area contributed by atoms with Gasteiger partial charge in [-0.15, -0.1) is 0 Å². The molecule has 0 aliphatic carbocycles. The molecule has 0 atom stereocenters. The standard InChI is InChI=1S/C10H14N4O4S2/c1-19(15,16)11-6-7-20(17,18)14-10-12-8-4-2-3-5-9(8)13-10/h2-5,11H,6-7H2,1H3,(H2,12,13,14). The van der Waals surface area contributed by atoms with Gasteiger partial charge in [0.15, 0.2) is 0 Å². The van der Waals surface area contributed by atoms with E-state index < -0.39 is 20.0 Å². The Labute approximate surface area is 116 Å². The molecule has 3 N–H and O–H groups in total. The van der Waals surface area contributed by atoms with Gasteiger partial charge in [0.25, 0.3) is 0 Å². The van der Waals surface area contributed by atoms with E-state index in [4.69, 9.17) is 0 Å². The van der Waals surface area contributed by atoms with E-state index in [0.717, 1.165) is 6.26 Å². The zero-order valence-electron chi connectivity index (χ0n) is 10.6. The van der Waals surface area contributed by atoms with E-state index >= 15 is 0 Å². The quantitative estimate of drug-likeness (QED) is 0.684. The minimum Gasteiger partial charge on any atom is -0.323 e. The van der Waals surface area contributed by atoms with Crippen molar-refractivity contribution in [3.05, 3.63) is 24.3 Å². The van der Waals surface area contributed by atoms with Gasteiger partial charge < -0.3 is 4.98 Å². The molecule has 20 heavy (non-hydrogen) atoms. The molecule has 8 nitrogen and oxygen atoms in total. The Hall–Kier alpha value is -1.65. The van der Waals surface area contributed by atoms with Crippen LogP contribution in [-0.2, 0) is 20.0 Å². The normalized spacial score (nSPS) is 12.7. The molecule has 0 amide bonds. The van der Waals surface area contributed by atoms with E-state index in [1.54, 1.807) is 24.3 Å². The summed E-state index contributed by atoms with van der Waals surface area (Å²) in [6.45, 7) is -0.200. The molecule has 0 aliphatic heterocycles. The lowest BCUT2D eigenvalue weighted by Crippen LogP contribution is -2.30. The number of rotatable bonds is 6. The second-order valence-corrected chi connectivity index (χ2v) is 7.86. The summed E-state index contributed by atoms with van der Waals surface area (Å²) in [6.07, 6.45) is 0.965. The molecule has 110 valence electrons. The zero-order chi connectivity index (χ0) is 14.8. The van der Waals surface area contributed by atoms with E-state index in [2.05, 4.69) is 19.4 Å². The minimum atomic E-state index is -3.68. The maximum Gasteiger partial charge on any atom is 0.236 e. The van der Waals surface area contributed by atoms with Crippen LogP contribution in [0, 0.1) is 0 Å². The number of H-pyrrole nitrogens is 1. The Morgan fingerprint density at radius 3 is 2.55 bits per heavy atom. The first-order valence-electron chi connectivity index (χ1n) is 5.65. The predicted molar refractivity (Wildman–Crippen MR) is 76.3 cm³/mol. The molecule has 2 aromatic rings. The van der Waals surface area contributed by atoms with Crippen LogP contribution in [-0.4, -0.2) is 45.4 Å².